The Morgan fingerprint density at radius 1 is 1.36 bits per heavy atom. The molecule has 0 unspecified atom stereocenters. The Morgan fingerprint density at radius 2 is 2.07 bits per heavy atom. The molecule has 0 atom stereocenters. The lowest BCUT2D eigenvalue weighted by atomic mass is 10.1. The van der Waals surface area contributed by atoms with Gasteiger partial charge in [-0.25, -0.2) is 0 Å². The summed E-state index contributed by atoms with van der Waals surface area (Å²) in [6.45, 7) is 0. The van der Waals surface area contributed by atoms with E-state index < -0.39 is 5.97 Å². The van der Waals surface area contributed by atoms with Crippen LogP contribution in [0.2, 0.25) is 0 Å². The predicted octanol–water partition coefficient (Wildman–Crippen LogP) is 1.45. The molecule has 3 heteroatoms. The summed E-state index contributed by atoms with van der Waals surface area (Å²) in [7, 11) is 0. The first-order chi connectivity index (χ1) is 6.72. The van der Waals surface area contributed by atoms with Crippen LogP contribution in [-0.4, -0.2) is 17.4 Å². The minimum Gasteiger partial charge on any atom is -0.481 e. The molecule has 0 amide bonds. The average molecular weight is 192 g/mol. The molecule has 0 heterocycles. The zero-order valence-electron chi connectivity index (χ0n) is 7.77. The Hall–Kier alpha value is -1.64. The van der Waals surface area contributed by atoms with Crippen LogP contribution in [-0.2, 0) is 22.4 Å². The minimum absolute atomic E-state index is 0.130. The summed E-state index contributed by atoms with van der Waals surface area (Å²) in [6.07, 6.45) is 1.88. The van der Waals surface area contributed by atoms with E-state index in [9.17, 15) is 9.59 Å². The molecule has 0 saturated carbocycles. The molecule has 1 aromatic carbocycles. The predicted molar refractivity (Wildman–Crippen MR) is 52.2 cm³/mol. The number of hydrogen-bond acceptors (Lipinski definition) is 2. The van der Waals surface area contributed by atoms with Gasteiger partial charge in [-0.05, 0) is 17.5 Å². The third-order valence-electron chi connectivity index (χ3n) is 1.94. The summed E-state index contributed by atoms with van der Waals surface area (Å²) in [5, 5.41) is 8.49. The van der Waals surface area contributed by atoms with E-state index >= 15 is 0 Å². The van der Waals surface area contributed by atoms with E-state index in [0.29, 0.717) is 12.8 Å². The highest BCUT2D eigenvalue weighted by molar-refractivity contribution is 5.67. The lowest BCUT2D eigenvalue weighted by molar-refractivity contribution is -0.137. The Morgan fingerprint density at radius 3 is 2.71 bits per heavy atom. The molecule has 1 N–H and O–H groups in total. The van der Waals surface area contributed by atoms with Crippen molar-refractivity contribution in [1.82, 2.24) is 0 Å². The lowest BCUT2D eigenvalue weighted by Gasteiger charge is -2.00. The van der Waals surface area contributed by atoms with Crippen LogP contribution in [0.1, 0.15) is 17.5 Å². The van der Waals surface area contributed by atoms with Crippen molar-refractivity contribution in [3.63, 3.8) is 0 Å². The van der Waals surface area contributed by atoms with Crippen LogP contribution < -0.4 is 0 Å². The molecule has 0 radical (unpaired) electrons. The van der Waals surface area contributed by atoms with Gasteiger partial charge >= 0.3 is 5.97 Å². The Bertz CT molecular complexity index is 331. The van der Waals surface area contributed by atoms with Gasteiger partial charge in [0.1, 0.15) is 6.29 Å². The molecule has 0 aliphatic rings. The van der Waals surface area contributed by atoms with Gasteiger partial charge in [0.15, 0.2) is 0 Å². The van der Waals surface area contributed by atoms with Crippen molar-refractivity contribution in [1.29, 1.82) is 0 Å². The van der Waals surface area contributed by atoms with Crippen molar-refractivity contribution in [2.45, 2.75) is 19.3 Å². The number of carbonyl (C=O) groups excluding carboxylic acids is 1. The number of aryl methyl sites for hydroxylation is 1. The molecule has 14 heavy (non-hydrogen) atoms. The van der Waals surface area contributed by atoms with Crippen LogP contribution in [0.15, 0.2) is 24.3 Å². The molecule has 0 aliphatic heterocycles. The summed E-state index contributed by atoms with van der Waals surface area (Å²) < 4.78 is 0. The maximum Gasteiger partial charge on any atom is 0.303 e. The molecular formula is C11H12O3. The van der Waals surface area contributed by atoms with E-state index in [2.05, 4.69) is 0 Å². The summed E-state index contributed by atoms with van der Waals surface area (Å²) in [5.41, 5.74) is 1.90. The van der Waals surface area contributed by atoms with Crippen LogP contribution in [0.25, 0.3) is 0 Å². The fourth-order valence-electron chi connectivity index (χ4n) is 1.26. The van der Waals surface area contributed by atoms with E-state index in [1.54, 1.807) is 0 Å². The van der Waals surface area contributed by atoms with Gasteiger partial charge in [0, 0.05) is 12.8 Å². The van der Waals surface area contributed by atoms with Gasteiger partial charge in [-0.15, -0.1) is 0 Å². The molecule has 0 saturated heterocycles. The lowest BCUT2D eigenvalue weighted by Crippen LogP contribution is -1.98. The normalized spacial score (nSPS) is 9.71. The molecule has 0 bridgehead atoms. The number of carboxylic acid groups (broad SMARTS) is 1. The molecule has 1 aromatic rings. The van der Waals surface area contributed by atoms with E-state index in [-0.39, 0.29) is 6.42 Å². The smallest absolute Gasteiger partial charge is 0.303 e. The van der Waals surface area contributed by atoms with E-state index in [1.165, 1.54) is 0 Å². The fraction of sp³-hybridized carbons (Fsp3) is 0.273. The summed E-state index contributed by atoms with van der Waals surface area (Å²) in [5.74, 6) is -0.800. The van der Waals surface area contributed by atoms with Crippen molar-refractivity contribution in [3.8, 4) is 0 Å². The highest BCUT2D eigenvalue weighted by Crippen LogP contribution is 2.07. The molecule has 1 rings (SSSR count). The molecule has 0 fully saturated rings. The van der Waals surface area contributed by atoms with E-state index in [0.717, 1.165) is 17.4 Å². The third-order valence-corrected chi connectivity index (χ3v) is 1.94. The van der Waals surface area contributed by atoms with Crippen LogP contribution in [0.5, 0.6) is 0 Å². The zero-order chi connectivity index (χ0) is 10.4. The molecular weight excluding hydrogens is 180 g/mol. The first kappa shape index (κ1) is 10.4. The quantitative estimate of drug-likeness (QED) is 0.718. The topological polar surface area (TPSA) is 54.4 Å². The molecule has 0 spiro atoms. The van der Waals surface area contributed by atoms with Crippen molar-refractivity contribution >= 4 is 12.3 Å². The monoisotopic (exact) mass is 192 g/mol. The van der Waals surface area contributed by atoms with Crippen LogP contribution >= 0.6 is 0 Å². The number of carbonyl (C=O) groups is 2. The first-order valence-corrected chi connectivity index (χ1v) is 4.45. The van der Waals surface area contributed by atoms with Crippen molar-refractivity contribution in [2.75, 3.05) is 0 Å². The standard InChI is InChI=1S/C11H12O3/c12-7-6-10-3-1-2-9(8-10)4-5-11(13)14/h1-3,7-8H,4-6H2,(H,13,14). The molecule has 3 nitrogen and oxygen atoms in total. The van der Waals surface area contributed by atoms with Gasteiger partial charge in [-0.2, -0.15) is 0 Å². The van der Waals surface area contributed by atoms with Crippen LogP contribution in [0.4, 0.5) is 0 Å². The van der Waals surface area contributed by atoms with E-state index in [1.807, 2.05) is 24.3 Å². The Labute approximate surface area is 82.4 Å². The van der Waals surface area contributed by atoms with Crippen molar-refractivity contribution in [3.05, 3.63) is 35.4 Å². The molecule has 0 aliphatic carbocycles. The van der Waals surface area contributed by atoms with Gasteiger partial charge in [0.25, 0.3) is 0 Å². The minimum atomic E-state index is -0.800. The second-order valence-corrected chi connectivity index (χ2v) is 3.08. The summed E-state index contributed by atoms with van der Waals surface area (Å²) in [4.78, 5) is 20.6. The van der Waals surface area contributed by atoms with Gasteiger partial charge < -0.3 is 9.90 Å². The number of hydrogen-bond donors (Lipinski definition) is 1. The zero-order valence-corrected chi connectivity index (χ0v) is 7.77. The average Bonchev–Trinajstić information content (AvgIpc) is 2.16. The summed E-state index contributed by atoms with van der Waals surface area (Å²) >= 11 is 0. The molecule has 0 aromatic heterocycles. The second kappa shape index (κ2) is 5.17. The van der Waals surface area contributed by atoms with Gasteiger partial charge in [0.05, 0.1) is 0 Å². The SMILES string of the molecule is O=CCc1cccc(CCC(=O)O)c1. The second-order valence-electron chi connectivity index (χ2n) is 3.08. The molecule has 74 valence electrons. The number of aldehydes is 1. The van der Waals surface area contributed by atoms with Gasteiger partial charge in [0.2, 0.25) is 0 Å². The number of rotatable bonds is 5. The van der Waals surface area contributed by atoms with Gasteiger partial charge in [-0.3, -0.25) is 4.79 Å². The van der Waals surface area contributed by atoms with Crippen LogP contribution in [0.3, 0.4) is 0 Å². The number of aliphatic carboxylic acids is 1. The van der Waals surface area contributed by atoms with E-state index in [4.69, 9.17) is 5.11 Å². The summed E-state index contributed by atoms with van der Waals surface area (Å²) in [6, 6.07) is 7.45. The first-order valence-electron chi connectivity index (χ1n) is 4.45. The number of benzene rings is 1. The largest absolute Gasteiger partial charge is 0.481 e. The highest BCUT2D eigenvalue weighted by atomic mass is 16.4. The maximum absolute atomic E-state index is 10.3. The fourth-order valence-corrected chi connectivity index (χ4v) is 1.26. The van der Waals surface area contributed by atoms with Crippen LogP contribution in [0, 0.1) is 0 Å². The highest BCUT2D eigenvalue weighted by Gasteiger charge is 1.99. The maximum atomic E-state index is 10.3. The van der Waals surface area contributed by atoms with Crippen molar-refractivity contribution in [2.24, 2.45) is 0 Å². The van der Waals surface area contributed by atoms with Crippen molar-refractivity contribution < 1.29 is 14.7 Å². The Balaban J connectivity index is 2.63. The number of carboxylic acids is 1. The Kier molecular flexibility index (Phi) is 3.85. The third kappa shape index (κ3) is 3.39. The van der Waals surface area contributed by atoms with Gasteiger partial charge in [-0.1, -0.05) is 24.3 Å².